The van der Waals surface area contributed by atoms with Crippen molar-refractivity contribution in [2.45, 2.75) is 90.2 Å². The summed E-state index contributed by atoms with van der Waals surface area (Å²) < 4.78 is 8.41. The van der Waals surface area contributed by atoms with Crippen molar-refractivity contribution in [3.63, 3.8) is 0 Å². The Morgan fingerprint density at radius 2 is 2.00 bits per heavy atom. The molecule has 3 aliphatic rings. The van der Waals surface area contributed by atoms with E-state index in [0.29, 0.717) is 12.0 Å². The van der Waals surface area contributed by atoms with Crippen LogP contribution in [0.15, 0.2) is 23.2 Å². The van der Waals surface area contributed by atoms with E-state index in [9.17, 15) is 9.59 Å². The predicted molar refractivity (Wildman–Crippen MR) is 147 cm³/mol. The molecule has 1 aliphatic carbocycles. The van der Waals surface area contributed by atoms with Gasteiger partial charge < -0.3 is 15.4 Å². The van der Waals surface area contributed by atoms with Gasteiger partial charge in [0.05, 0.1) is 6.10 Å². The molecule has 1 saturated heterocycles. The first-order valence-corrected chi connectivity index (χ1v) is 14.6. The summed E-state index contributed by atoms with van der Waals surface area (Å²) in [5.41, 5.74) is 2.79. The molecule has 0 bridgehead atoms. The number of amidine groups is 1. The van der Waals surface area contributed by atoms with Gasteiger partial charge in [0.1, 0.15) is 11.4 Å². The van der Waals surface area contributed by atoms with Crippen LogP contribution in [0.5, 0.6) is 0 Å². The number of nitrogens with zero attached hydrogens (tertiary/aromatic N) is 2. The number of rotatable bonds is 10. The Morgan fingerprint density at radius 1 is 1.25 bits per heavy atom. The molecule has 0 radical (unpaired) electrons. The topological polar surface area (TPSA) is 83.0 Å². The zero-order valence-corrected chi connectivity index (χ0v) is 22.9. The van der Waals surface area contributed by atoms with E-state index in [1.54, 1.807) is 0 Å². The number of ether oxygens (including phenoxy) is 1. The summed E-state index contributed by atoms with van der Waals surface area (Å²) in [4.78, 5) is 29.3. The SMILES string of the molecule is CCCCOC1CCC(C2=NC3(CCN(SCCc4ccc(NC(C)=O)cc4C)CC3)C(=O)N2)CC1. The molecule has 1 aromatic rings. The second-order valence-electron chi connectivity index (χ2n) is 10.5. The largest absolute Gasteiger partial charge is 0.378 e. The third kappa shape index (κ3) is 6.90. The zero-order chi connectivity index (χ0) is 25.5. The van der Waals surface area contributed by atoms with Gasteiger partial charge in [-0.3, -0.25) is 18.9 Å². The standard InChI is InChI=1S/C28H42N4O3S/c1-4-5-17-35-25-10-7-23(8-11-25)26-30-27(34)28(31-26)13-15-32(16-14-28)36-18-12-22-6-9-24(19-20(22)2)29-21(3)33/h6,9,19,23,25H,4-5,7-8,10-18H2,1-3H3,(H,29,33)(H,30,31,34). The summed E-state index contributed by atoms with van der Waals surface area (Å²) in [7, 11) is 0. The monoisotopic (exact) mass is 514 g/mol. The molecule has 1 spiro atoms. The lowest BCUT2D eigenvalue weighted by molar-refractivity contribution is -0.125. The molecular formula is C28H42N4O3S. The molecule has 2 amide bonds. The normalized spacial score (nSPS) is 24.0. The van der Waals surface area contributed by atoms with Gasteiger partial charge in [0.15, 0.2) is 0 Å². The number of anilines is 1. The van der Waals surface area contributed by atoms with Gasteiger partial charge >= 0.3 is 0 Å². The van der Waals surface area contributed by atoms with E-state index in [-0.39, 0.29) is 11.8 Å². The second kappa shape index (κ2) is 12.6. The van der Waals surface area contributed by atoms with Crippen LogP contribution in [-0.4, -0.2) is 59.0 Å². The van der Waals surface area contributed by atoms with Crippen molar-refractivity contribution < 1.29 is 14.3 Å². The van der Waals surface area contributed by atoms with E-state index in [2.05, 4.69) is 34.9 Å². The number of amides is 2. The highest BCUT2D eigenvalue weighted by molar-refractivity contribution is 7.97. The van der Waals surface area contributed by atoms with Crippen molar-refractivity contribution in [3.05, 3.63) is 29.3 Å². The Kier molecular flexibility index (Phi) is 9.47. The van der Waals surface area contributed by atoms with Crippen molar-refractivity contribution in [1.29, 1.82) is 0 Å². The van der Waals surface area contributed by atoms with E-state index in [4.69, 9.17) is 9.73 Å². The number of aliphatic imine (C=N–C) groups is 1. The lowest BCUT2D eigenvalue weighted by atomic mass is 9.86. The number of piperidine rings is 1. The van der Waals surface area contributed by atoms with Crippen LogP contribution in [0.3, 0.4) is 0 Å². The number of hydrogen-bond acceptors (Lipinski definition) is 6. The van der Waals surface area contributed by atoms with Crippen molar-refractivity contribution in [2.24, 2.45) is 10.9 Å². The van der Waals surface area contributed by atoms with Crippen molar-refractivity contribution >= 4 is 35.3 Å². The molecule has 198 valence electrons. The minimum absolute atomic E-state index is 0.0484. The molecule has 1 aromatic carbocycles. The van der Waals surface area contributed by atoms with Gasteiger partial charge in [-0.15, -0.1) is 0 Å². The zero-order valence-electron chi connectivity index (χ0n) is 22.1. The van der Waals surface area contributed by atoms with Crippen molar-refractivity contribution in [2.75, 3.05) is 30.8 Å². The molecule has 36 heavy (non-hydrogen) atoms. The Balaban J connectivity index is 1.21. The summed E-state index contributed by atoms with van der Waals surface area (Å²) in [6.45, 7) is 8.44. The number of carbonyl (C=O) groups excluding carboxylic acids is 2. The maximum absolute atomic E-state index is 13.0. The Hall–Kier alpha value is -1.90. The molecule has 4 rings (SSSR count). The first kappa shape index (κ1) is 27.1. The van der Waals surface area contributed by atoms with Gasteiger partial charge in [-0.2, -0.15) is 0 Å². The summed E-state index contributed by atoms with van der Waals surface area (Å²) in [6.07, 6.45) is 9.47. The van der Waals surface area contributed by atoms with E-state index in [1.165, 1.54) is 24.5 Å². The van der Waals surface area contributed by atoms with Crippen LogP contribution >= 0.6 is 11.9 Å². The molecule has 2 aliphatic heterocycles. The molecule has 0 aromatic heterocycles. The van der Waals surface area contributed by atoms with Crippen LogP contribution in [0.1, 0.15) is 76.3 Å². The Morgan fingerprint density at radius 3 is 2.67 bits per heavy atom. The number of hydrogen-bond donors (Lipinski definition) is 2. The molecule has 0 atom stereocenters. The molecule has 7 nitrogen and oxygen atoms in total. The highest BCUT2D eigenvalue weighted by Crippen LogP contribution is 2.36. The van der Waals surface area contributed by atoms with Gasteiger partial charge in [-0.25, -0.2) is 0 Å². The second-order valence-corrected chi connectivity index (χ2v) is 11.7. The predicted octanol–water partition coefficient (Wildman–Crippen LogP) is 4.88. The Labute approximate surface area is 220 Å². The summed E-state index contributed by atoms with van der Waals surface area (Å²) in [6, 6.07) is 6.11. The molecular weight excluding hydrogens is 472 g/mol. The van der Waals surface area contributed by atoms with Crippen LogP contribution in [0.4, 0.5) is 5.69 Å². The number of carbonyl (C=O) groups is 2. The quantitative estimate of drug-likeness (QED) is 0.343. The molecule has 8 heteroatoms. The molecule has 2 fully saturated rings. The maximum Gasteiger partial charge on any atom is 0.253 e. The van der Waals surface area contributed by atoms with E-state index < -0.39 is 5.54 Å². The molecule has 0 unspecified atom stereocenters. The van der Waals surface area contributed by atoms with Gasteiger partial charge in [0.2, 0.25) is 5.91 Å². The first-order chi connectivity index (χ1) is 17.4. The number of nitrogens with one attached hydrogen (secondary N) is 2. The molecule has 2 heterocycles. The van der Waals surface area contributed by atoms with E-state index in [1.807, 2.05) is 24.1 Å². The van der Waals surface area contributed by atoms with Crippen LogP contribution in [0.2, 0.25) is 0 Å². The minimum Gasteiger partial charge on any atom is -0.378 e. The maximum atomic E-state index is 13.0. The lowest BCUT2D eigenvalue weighted by Gasteiger charge is -2.34. The number of unbranched alkanes of at least 4 members (excludes halogenated alkanes) is 1. The van der Waals surface area contributed by atoms with Crippen LogP contribution < -0.4 is 10.6 Å². The summed E-state index contributed by atoms with van der Waals surface area (Å²) in [5.74, 6) is 2.36. The fourth-order valence-electron chi connectivity index (χ4n) is 5.50. The van der Waals surface area contributed by atoms with Crippen LogP contribution in [0, 0.1) is 12.8 Å². The average molecular weight is 515 g/mol. The van der Waals surface area contributed by atoms with Gasteiger partial charge in [-0.1, -0.05) is 31.4 Å². The van der Waals surface area contributed by atoms with Crippen molar-refractivity contribution in [3.8, 4) is 0 Å². The highest BCUT2D eigenvalue weighted by atomic mass is 32.2. The molecule has 1 saturated carbocycles. The average Bonchev–Trinajstić information content (AvgIpc) is 3.17. The number of benzene rings is 1. The third-order valence-electron chi connectivity index (χ3n) is 7.77. The van der Waals surface area contributed by atoms with Gasteiger partial charge in [0, 0.05) is 44.0 Å². The summed E-state index contributed by atoms with van der Waals surface area (Å²) >= 11 is 1.87. The first-order valence-electron chi connectivity index (χ1n) is 13.7. The fraction of sp³-hybridized carbons (Fsp3) is 0.679. The number of aryl methyl sites for hydroxylation is 2. The Bertz CT molecular complexity index is 950. The van der Waals surface area contributed by atoms with E-state index in [0.717, 1.165) is 88.3 Å². The molecule has 2 N–H and O–H groups in total. The minimum atomic E-state index is -0.559. The van der Waals surface area contributed by atoms with Crippen molar-refractivity contribution in [1.82, 2.24) is 9.62 Å². The third-order valence-corrected chi connectivity index (χ3v) is 8.89. The van der Waals surface area contributed by atoms with Crippen LogP contribution in [0.25, 0.3) is 0 Å². The summed E-state index contributed by atoms with van der Waals surface area (Å²) in [5, 5.41) is 6.01. The van der Waals surface area contributed by atoms with Gasteiger partial charge in [0.25, 0.3) is 5.91 Å². The van der Waals surface area contributed by atoms with Gasteiger partial charge in [-0.05, 0) is 81.5 Å². The fourth-order valence-corrected chi connectivity index (χ4v) is 6.51. The smallest absolute Gasteiger partial charge is 0.253 e. The lowest BCUT2D eigenvalue weighted by Crippen LogP contribution is -2.47. The van der Waals surface area contributed by atoms with Crippen LogP contribution in [-0.2, 0) is 20.7 Å². The van der Waals surface area contributed by atoms with E-state index >= 15 is 0 Å². The highest BCUT2D eigenvalue weighted by Gasteiger charge is 2.47.